The number of ether oxygens (including phenoxy) is 1. The van der Waals surface area contributed by atoms with E-state index in [2.05, 4.69) is 40.6 Å². The monoisotopic (exact) mass is 334 g/mol. The Morgan fingerprint density at radius 2 is 2.00 bits per heavy atom. The lowest BCUT2D eigenvalue weighted by molar-refractivity contribution is -0.121. The number of aromatic nitrogens is 1. The number of amides is 1. The molecule has 4 nitrogen and oxygen atoms in total. The van der Waals surface area contributed by atoms with Crippen molar-refractivity contribution >= 4 is 16.8 Å². The van der Waals surface area contributed by atoms with Crippen LogP contribution >= 0.6 is 0 Å². The minimum absolute atomic E-state index is 0.0398. The lowest BCUT2D eigenvalue weighted by atomic mass is 9.97. The predicted molar refractivity (Wildman–Crippen MR) is 98.5 cm³/mol. The first kappa shape index (κ1) is 15.9. The molecule has 4 rings (SSSR count). The fourth-order valence-electron chi connectivity index (χ4n) is 3.53. The van der Waals surface area contributed by atoms with Crippen molar-refractivity contribution in [2.24, 2.45) is 0 Å². The third-order valence-electron chi connectivity index (χ3n) is 4.87. The van der Waals surface area contributed by atoms with E-state index in [9.17, 15) is 4.79 Å². The molecule has 4 heteroatoms. The molecule has 0 aliphatic carbocycles. The van der Waals surface area contributed by atoms with E-state index in [1.54, 1.807) is 0 Å². The van der Waals surface area contributed by atoms with Crippen molar-refractivity contribution in [2.75, 3.05) is 13.2 Å². The van der Waals surface area contributed by atoms with Crippen LogP contribution in [0.1, 0.15) is 29.2 Å². The van der Waals surface area contributed by atoms with E-state index in [-0.39, 0.29) is 12.0 Å². The normalized spacial score (nSPS) is 16.6. The molecule has 1 unspecified atom stereocenters. The number of fused-ring (bicyclic) bond motifs is 2. The Morgan fingerprint density at radius 3 is 2.96 bits per heavy atom. The number of benzene rings is 2. The van der Waals surface area contributed by atoms with Crippen molar-refractivity contribution in [3.63, 3.8) is 0 Å². The molecule has 25 heavy (non-hydrogen) atoms. The number of aryl methyl sites for hydroxylation is 1. The van der Waals surface area contributed by atoms with Crippen molar-refractivity contribution in [3.05, 3.63) is 71.4 Å². The minimum atomic E-state index is -0.0398. The standard InChI is InChI=1S/C21H22N2O2/c24-21(10-9-16-13-22-19-8-4-3-6-17(16)19)23-14-20-18-7-2-1-5-15(18)11-12-25-20/h1-8,13,20,22H,9-12,14H2,(H,23,24). The van der Waals surface area contributed by atoms with E-state index < -0.39 is 0 Å². The van der Waals surface area contributed by atoms with E-state index in [1.165, 1.54) is 22.1 Å². The molecule has 0 saturated heterocycles. The summed E-state index contributed by atoms with van der Waals surface area (Å²) in [7, 11) is 0. The highest BCUT2D eigenvalue weighted by Crippen LogP contribution is 2.26. The zero-order valence-corrected chi connectivity index (χ0v) is 14.1. The molecule has 1 aromatic heterocycles. The Hall–Kier alpha value is -2.59. The van der Waals surface area contributed by atoms with Gasteiger partial charge in [0, 0.05) is 30.1 Å². The summed E-state index contributed by atoms with van der Waals surface area (Å²) in [5, 5.41) is 4.22. The van der Waals surface area contributed by atoms with Crippen LogP contribution in [0.3, 0.4) is 0 Å². The summed E-state index contributed by atoms with van der Waals surface area (Å²) >= 11 is 0. The second-order valence-electron chi connectivity index (χ2n) is 6.47. The zero-order valence-electron chi connectivity index (χ0n) is 14.1. The predicted octanol–water partition coefficient (Wildman–Crippen LogP) is 3.53. The SMILES string of the molecule is O=C(CCc1c[nH]c2ccccc12)NCC1OCCc2ccccc21. The molecule has 1 aliphatic rings. The maximum absolute atomic E-state index is 12.3. The van der Waals surface area contributed by atoms with Crippen molar-refractivity contribution in [2.45, 2.75) is 25.4 Å². The third kappa shape index (κ3) is 3.44. The number of carbonyl (C=O) groups is 1. The average molecular weight is 334 g/mol. The van der Waals surface area contributed by atoms with Crippen LogP contribution in [0.25, 0.3) is 10.9 Å². The van der Waals surface area contributed by atoms with Gasteiger partial charge in [-0.3, -0.25) is 4.79 Å². The van der Waals surface area contributed by atoms with E-state index in [1.807, 2.05) is 24.4 Å². The fourth-order valence-corrected chi connectivity index (χ4v) is 3.53. The number of nitrogens with one attached hydrogen (secondary N) is 2. The molecule has 3 aromatic rings. The van der Waals surface area contributed by atoms with Crippen LogP contribution in [0.5, 0.6) is 0 Å². The molecule has 0 radical (unpaired) electrons. The highest BCUT2D eigenvalue weighted by atomic mass is 16.5. The smallest absolute Gasteiger partial charge is 0.220 e. The number of para-hydroxylation sites is 1. The van der Waals surface area contributed by atoms with Crippen LogP contribution in [0, 0.1) is 0 Å². The van der Waals surface area contributed by atoms with Crippen LogP contribution < -0.4 is 5.32 Å². The Morgan fingerprint density at radius 1 is 1.16 bits per heavy atom. The summed E-state index contributed by atoms with van der Waals surface area (Å²) in [6.07, 6.45) is 4.12. The second kappa shape index (κ2) is 7.11. The highest BCUT2D eigenvalue weighted by molar-refractivity contribution is 5.84. The molecule has 0 saturated carbocycles. The Bertz CT molecular complexity index is 884. The van der Waals surface area contributed by atoms with Gasteiger partial charge in [-0.1, -0.05) is 42.5 Å². The van der Waals surface area contributed by atoms with Crippen LogP contribution in [-0.2, 0) is 22.4 Å². The number of hydrogen-bond donors (Lipinski definition) is 2. The molecule has 2 aromatic carbocycles. The number of aromatic amines is 1. The summed E-state index contributed by atoms with van der Waals surface area (Å²) in [6.45, 7) is 1.25. The van der Waals surface area contributed by atoms with E-state index in [4.69, 9.17) is 4.74 Å². The summed E-state index contributed by atoms with van der Waals surface area (Å²) in [5.74, 6) is 0.0666. The van der Waals surface area contributed by atoms with Crippen molar-refractivity contribution in [1.82, 2.24) is 10.3 Å². The van der Waals surface area contributed by atoms with Crippen LogP contribution in [0.15, 0.2) is 54.7 Å². The summed E-state index contributed by atoms with van der Waals surface area (Å²) < 4.78 is 5.84. The molecule has 0 bridgehead atoms. The maximum atomic E-state index is 12.3. The zero-order chi connectivity index (χ0) is 17.1. The van der Waals surface area contributed by atoms with E-state index in [0.29, 0.717) is 19.6 Å². The van der Waals surface area contributed by atoms with Crippen LogP contribution in [-0.4, -0.2) is 24.0 Å². The van der Waals surface area contributed by atoms with Gasteiger partial charge in [0.25, 0.3) is 0 Å². The molecule has 2 heterocycles. The first-order valence-electron chi connectivity index (χ1n) is 8.82. The molecular formula is C21H22N2O2. The number of hydrogen-bond acceptors (Lipinski definition) is 2. The Kier molecular flexibility index (Phi) is 4.53. The van der Waals surface area contributed by atoms with Gasteiger partial charge in [0.1, 0.15) is 6.10 Å². The maximum Gasteiger partial charge on any atom is 0.220 e. The van der Waals surface area contributed by atoms with Gasteiger partial charge in [-0.05, 0) is 35.6 Å². The number of carbonyl (C=O) groups excluding carboxylic acids is 1. The number of rotatable bonds is 5. The molecule has 128 valence electrons. The second-order valence-corrected chi connectivity index (χ2v) is 6.47. The molecular weight excluding hydrogens is 312 g/mol. The Labute approximate surface area is 147 Å². The van der Waals surface area contributed by atoms with E-state index >= 15 is 0 Å². The quantitative estimate of drug-likeness (QED) is 0.750. The van der Waals surface area contributed by atoms with Gasteiger partial charge in [0.15, 0.2) is 0 Å². The van der Waals surface area contributed by atoms with E-state index in [0.717, 1.165) is 18.4 Å². The lowest BCUT2D eigenvalue weighted by Gasteiger charge is -2.26. The van der Waals surface area contributed by atoms with Gasteiger partial charge in [0.05, 0.1) is 6.61 Å². The van der Waals surface area contributed by atoms with Crippen molar-refractivity contribution in [1.29, 1.82) is 0 Å². The minimum Gasteiger partial charge on any atom is -0.371 e. The highest BCUT2D eigenvalue weighted by Gasteiger charge is 2.20. The first-order chi connectivity index (χ1) is 12.3. The van der Waals surface area contributed by atoms with Gasteiger partial charge in [-0.25, -0.2) is 0 Å². The average Bonchev–Trinajstić information content (AvgIpc) is 3.08. The van der Waals surface area contributed by atoms with Crippen LogP contribution in [0.4, 0.5) is 0 Å². The largest absolute Gasteiger partial charge is 0.371 e. The topological polar surface area (TPSA) is 54.1 Å². The van der Waals surface area contributed by atoms with Gasteiger partial charge < -0.3 is 15.0 Å². The van der Waals surface area contributed by atoms with Gasteiger partial charge >= 0.3 is 0 Å². The molecule has 2 N–H and O–H groups in total. The summed E-state index contributed by atoms with van der Waals surface area (Å²) in [4.78, 5) is 15.5. The van der Waals surface area contributed by atoms with Crippen molar-refractivity contribution in [3.8, 4) is 0 Å². The summed E-state index contributed by atoms with van der Waals surface area (Å²) in [6, 6.07) is 16.5. The summed E-state index contributed by atoms with van der Waals surface area (Å²) in [5.41, 5.74) is 4.83. The molecule has 1 atom stereocenters. The van der Waals surface area contributed by atoms with Crippen LogP contribution in [0.2, 0.25) is 0 Å². The molecule has 1 aliphatic heterocycles. The fraction of sp³-hybridized carbons (Fsp3) is 0.286. The van der Waals surface area contributed by atoms with Gasteiger partial charge in [-0.2, -0.15) is 0 Å². The first-order valence-corrected chi connectivity index (χ1v) is 8.82. The number of H-pyrrole nitrogens is 1. The Balaban J connectivity index is 1.33. The van der Waals surface area contributed by atoms with Gasteiger partial charge in [-0.15, -0.1) is 0 Å². The molecule has 1 amide bonds. The third-order valence-corrected chi connectivity index (χ3v) is 4.87. The lowest BCUT2D eigenvalue weighted by Crippen LogP contribution is -2.31. The molecule has 0 spiro atoms. The van der Waals surface area contributed by atoms with Crippen molar-refractivity contribution < 1.29 is 9.53 Å². The van der Waals surface area contributed by atoms with Gasteiger partial charge in [0.2, 0.25) is 5.91 Å². The molecule has 0 fully saturated rings.